The van der Waals surface area contributed by atoms with E-state index >= 15 is 0 Å². The second kappa shape index (κ2) is 14.3. The van der Waals surface area contributed by atoms with Crippen LogP contribution in [0.25, 0.3) is 11.1 Å². The molecule has 3 atom stereocenters. The first-order valence-electron chi connectivity index (χ1n) is 12.9. The fourth-order valence-corrected chi connectivity index (χ4v) is 5.56. The fourth-order valence-electron chi connectivity index (χ4n) is 4.55. The van der Waals surface area contributed by atoms with Crippen LogP contribution in [-0.2, 0) is 14.3 Å². The van der Waals surface area contributed by atoms with Crippen molar-refractivity contribution in [2.45, 2.75) is 58.1 Å². The fraction of sp³-hybridized carbons (Fsp3) is 0.464. The summed E-state index contributed by atoms with van der Waals surface area (Å²) in [6.07, 6.45) is 3.02. The van der Waals surface area contributed by atoms with E-state index in [1.165, 1.54) is 6.92 Å². The monoisotopic (exact) mass is 528 g/mol. The van der Waals surface area contributed by atoms with Gasteiger partial charge in [-0.1, -0.05) is 37.6 Å². The summed E-state index contributed by atoms with van der Waals surface area (Å²) in [6.45, 7) is 4.37. The van der Waals surface area contributed by atoms with E-state index in [-0.39, 0.29) is 51.7 Å². The number of nitrogens with one attached hydrogen (secondary N) is 2. The van der Waals surface area contributed by atoms with Crippen molar-refractivity contribution >= 4 is 31.3 Å². The zero-order valence-corrected chi connectivity index (χ0v) is 22.5. The Balaban J connectivity index is 1.76. The standard InChI is InChI=1S/C28H37N2O6P/c1-3-4-13-29-25(33)9-6-10-26(34)37-19-11-12-21-23(16-19)24(17-36-18(2)32)20-7-5-8-22(27(20)21)28(35)30-14-15-31/h5,7-8,11-12,16,24-25,29,31,33,37H,3-4,6,9-10,13-15,17H2,1-2H3,(H,30,35). The van der Waals surface area contributed by atoms with Gasteiger partial charge in [0, 0.05) is 31.4 Å². The summed E-state index contributed by atoms with van der Waals surface area (Å²) in [7, 11) is -0.0233. The Hall–Kier alpha value is -2.64. The molecular weight excluding hydrogens is 491 g/mol. The summed E-state index contributed by atoms with van der Waals surface area (Å²) in [4.78, 5) is 37.1. The van der Waals surface area contributed by atoms with E-state index in [1.807, 2.05) is 24.3 Å². The number of carbonyl (C=O) groups is 3. The molecule has 0 aliphatic heterocycles. The van der Waals surface area contributed by atoms with Gasteiger partial charge in [-0.05, 0) is 74.1 Å². The molecule has 0 saturated carbocycles. The first kappa shape index (κ1) is 28.9. The Morgan fingerprint density at radius 2 is 1.92 bits per heavy atom. The highest BCUT2D eigenvalue weighted by atomic mass is 31.1. The Kier molecular flexibility index (Phi) is 11.2. The van der Waals surface area contributed by atoms with Crippen molar-refractivity contribution in [3.63, 3.8) is 0 Å². The molecule has 2 aromatic rings. The van der Waals surface area contributed by atoms with Crippen molar-refractivity contribution in [3.8, 4) is 11.1 Å². The molecule has 37 heavy (non-hydrogen) atoms. The SMILES string of the molecule is CCCCNC(O)CCCC(=O)Pc1ccc2c(c1)C(COC(C)=O)c1cccc(C(=O)NCCO)c1-2. The summed E-state index contributed by atoms with van der Waals surface area (Å²) < 4.78 is 5.37. The lowest BCUT2D eigenvalue weighted by Gasteiger charge is -2.14. The van der Waals surface area contributed by atoms with Crippen LogP contribution in [0.1, 0.15) is 73.4 Å². The summed E-state index contributed by atoms with van der Waals surface area (Å²) in [5.41, 5.74) is 4.10. The van der Waals surface area contributed by atoms with Crippen molar-refractivity contribution in [2.75, 3.05) is 26.3 Å². The smallest absolute Gasteiger partial charge is 0.302 e. The molecule has 0 bridgehead atoms. The lowest BCUT2D eigenvalue weighted by Crippen LogP contribution is -2.29. The summed E-state index contributed by atoms with van der Waals surface area (Å²) in [5, 5.41) is 25.8. The van der Waals surface area contributed by atoms with Crippen molar-refractivity contribution in [3.05, 3.63) is 53.1 Å². The Morgan fingerprint density at radius 1 is 1.11 bits per heavy atom. The molecule has 200 valence electrons. The highest BCUT2D eigenvalue weighted by Gasteiger charge is 2.33. The van der Waals surface area contributed by atoms with Crippen molar-refractivity contribution in [1.29, 1.82) is 0 Å². The zero-order chi connectivity index (χ0) is 26.8. The zero-order valence-electron chi connectivity index (χ0n) is 21.5. The number of hydrogen-bond acceptors (Lipinski definition) is 7. The molecule has 0 spiro atoms. The average Bonchev–Trinajstić information content (AvgIpc) is 3.19. The number of carbonyl (C=O) groups excluding carboxylic acids is 3. The second-order valence-electron chi connectivity index (χ2n) is 9.17. The molecule has 3 unspecified atom stereocenters. The lowest BCUT2D eigenvalue weighted by molar-refractivity contribution is -0.141. The normalized spacial score (nSPS) is 14.9. The van der Waals surface area contributed by atoms with E-state index in [0.717, 1.165) is 46.9 Å². The van der Waals surface area contributed by atoms with Gasteiger partial charge in [0.15, 0.2) is 5.52 Å². The number of unbranched alkanes of at least 4 members (excludes halogenated alkanes) is 1. The molecule has 2 aromatic carbocycles. The third-order valence-corrected chi connectivity index (χ3v) is 7.47. The summed E-state index contributed by atoms with van der Waals surface area (Å²) >= 11 is 0. The molecule has 3 rings (SSSR count). The van der Waals surface area contributed by atoms with Gasteiger partial charge in [-0.2, -0.15) is 0 Å². The quantitative estimate of drug-likeness (QED) is 0.121. The molecule has 1 amide bonds. The van der Waals surface area contributed by atoms with Crippen LogP contribution < -0.4 is 15.9 Å². The molecular formula is C28H37N2O6P. The summed E-state index contributed by atoms with van der Waals surface area (Å²) in [6, 6.07) is 11.3. The Labute approximate surface area is 220 Å². The van der Waals surface area contributed by atoms with Gasteiger partial charge in [0.1, 0.15) is 12.8 Å². The number of hydrogen-bond donors (Lipinski definition) is 4. The van der Waals surface area contributed by atoms with Crippen LogP contribution in [0, 0.1) is 0 Å². The molecule has 0 heterocycles. The minimum atomic E-state index is -0.591. The van der Waals surface area contributed by atoms with Crippen LogP contribution in [0.4, 0.5) is 0 Å². The first-order valence-corrected chi connectivity index (χ1v) is 13.9. The van der Waals surface area contributed by atoms with Crippen LogP contribution in [0.2, 0.25) is 0 Å². The van der Waals surface area contributed by atoms with Crippen LogP contribution in [0.5, 0.6) is 0 Å². The maximum Gasteiger partial charge on any atom is 0.302 e. The van der Waals surface area contributed by atoms with Crippen molar-refractivity contribution in [2.24, 2.45) is 0 Å². The number of amides is 1. The lowest BCUT2D eigenvalue weighted by atomic mass is 9.96. The van der Waals surface area contributed by atoms with Crippen molar-refractivity contribution < 1.29 is 29.3 Å². The second-order valence-corrected chi connectivity index (χ2v) is 10.6. The molecule has 4 N–H and O–H groups in total. The van der Waals surface area contributed by atoms with Gasteiger partial charge in [0.25, 0.3) is 5.91 Å². The first-order chi connectivity index (χ1) is 17.8. The highest BCUT2D eigenvalue weighted by molar-refractivity contribution is 7.65. The minimum Gasteiger partial charge on any atom is -0.465 e. The Bertz CT molecular complexity index is 1110. The van der Waals surface area contributed by atoms with Crippen LogP contribution in [0.3, 0.4) is 0 Å². The van der Waals surface area contributed by atoms with E-state index in [1.54, 1.807) is 12.1 Å². The number of esters is 1. The third-order valence-electron chi connectivity index (χ3n) is 6.34. The number of fused-ring (bicyclic) bond motifs is 3. The maximum atomic E-state index is 12.8. The van der Waals surface area contributed by atoms with Crippen LogP contribution >= 0.6 is 8.58 Å². The van der Waals surface area contributed by atoms with Gasteiger partial charge in [0.2, 0.25) is 0 Å². The predicted molar refractivity (Wildman–Crippen MR) is 145 cm³/mol. The molecule has 0 aromatic heterocycles. The number of rotatable bonds is 15. The van der Waals surface area contributed by atoms with Gasteiger partial charge in [0.05, 0.1) is 6.61 Å². The highest BCUT2D eigenvalue weighted by Crippen LogP contribution is 2.46. The van der Waals surface area contributed by atoms with Gasteiger partial charge < -0.3 is 20.3 Å². The minimum absolute atomic E-state index is 0.0233. The molecule has 0 radical (unpaired) electrons. The van der Waals surface area contributed by atoms with E-state index in [0.29, 0.717) is 24.8 Å². The topological polar surface area (TPSA) is 125 Å². The number of aliphatic hydroxyl groups is 2. The van der Waals surface area contributed by atoms with E-state index < -0.39 is 6.23 Å². The molecule has 0 saturated heterocycles. The molecule has 0 fully saturated rings. The van der Waals surface area contributed by atoms with Crippen molar-refractivity contribution in [1.82, 2.24) is 10.6 Å². The maximum absolute atomic E-state index is 12.8. The molecule has 1 aliphatic carbocycles. The third kappa shape index (κ3) is 7.92. The van der Waals surface area contributed by atoms with E-state index in [2.05, 4.69) is 17.6 Å². The average molecular weight is 529 g/mol. The van der Waals surface area contributed by atoms with E-state index in [9.17, 15) is 19.5 Å². The Morgan fingerprint density at radius 3 is 2.65 bits per heavy atom. The molecule has 9 heteroatoms. The molecule has 1 aliphatic rings. The number of ether oxygens (including phenoxy) is 1. The van der Waals surface area contributed by atoms with Crippen LogP contribution in [0.15, 0.2) is 36.4 Å². The molecule has 8 nitrogen and oxygen atoms in total. The number of benzene rings is 2. The number of aliphatic hydroxyl groups excluding tert-OH is 2. The summed E-state index contributed by atoms with van der Waals surface area (Å²) in [5.74, 6) is -0.910. The van der Waals surface area contributed by atoms with Gasteiger partial charge in [-0.3, -0.25) is 19.7 Å². The van der Waals surface area contributed by atoms with Gasteiger partial charge in [-0.25, -0.2) is 0 Å². The van der Waals surface area contributed by atoms with E-state index in [4.69, 9.17) is 9.84 Å². The largest absolute Gasteiger partial charge is 0.465 e. The van der Waals surface area contributed by atoms with Crippen LogP contribution in [-0.4, -0.2) is 60.1 Å². The predicted octanol–water partition coefficient (Wildman–Crippen LogP) is 2.79. The van der Waals surface area contributed by atoms with Gasteiger partial charge in [-0.15, -0.1) is 0 Å². The van der Waals surface area contributed by atoms with Gasteiger partial charge >= 0.3 is 5.97 Å².